The lowest BCUT2D eigenvalue weighted by molar-refractivity contribution is 0.153. The maximum atomic E-state index is 13.5. The lowest BCUT2D eigenvalue weighted by atomic mass is 9.64. The third-order valence-corrected chi connectivity index (χ3v) is 9.02. The summed E-state index contributed by atoms with van der Waals surface area (Å²) in [4.78, 5) is 15.2. The number of hydrogen-bond acceptors (Lipinski definition) is 5. The molecule has 0 radical (unpaired) electrons. The number of nitrogens with zero attached hydrogens (tertiary/aromatic N) is 1. The molecule has 176 valence electrons. The highest BCUT2D eigenvalue weighted by Crippen LogP contribution is 2.72. The molecule has 0 N–H and O–H groups in total. The first-order valence-electron chi connectivity index (χ1n) is 11.7. The molecule has 4 bridgehead atoms. The second-order valence-electron chi connectivity index (χ2n) is 9.12. The molecule has 35 heavy (non-hydrogen) atoms. The Morgan fingerprint density at radius 3 is 2.63 bits per heavy atom. The monoisotopic (exact) mass is 485 g/mol. The van der Waals surface area contributed by atoms with Crippen molar-refractivity contribution in [3.8, 4) is 23.7 Å². The van der Waals surface area contributed by atoms with Crippen molar-refractivity contribution in [2.75, 3.05) is 17.3 Å². The number of allylic oxidation sites excluding steroid dienone is 2. The summed E-state index contributed by atoms with van der Waals surface area (Å²) in [5.41, 5.74) is 0.323. The summed E-state index contributed by atoms with van der Waals surface area (Å²) in [5.74, 6) is 12.4. The van der Waals surface area contributed by atoms with E-state index >= 15 is 0 Å². The van der Waals surface area contributed by atoms with E-state index in [4.69, 9.17) is 9.47 Å². The minimum atomic E-state index is -3.57. The summed E-state index contributed by atoms with van der Waals surface area (Å²) in [7, 11) is -3.57. The summed E-state index contributed by atoms with van der Waals surface area (Å²) in [5, 5.41) is 0. The van der Waals surface area contributed by atoms with Gasteiger partial charge in [-0.05, 0) is 49.6 Å². The van der Waals surface area contributed by atoms with Crippen molar-refractivity contribution in [1.82, 2.24) is 0 Å². The number of carbonyl (C=O) groups excluding carboxylic acids is 1. The second kappa shape index (κ2) is 8.02. The topological polar surface area (TPSA) is 76.2 Å². The van der Waals surface area contributed by atoms with Crippen LogP contribution in [0.4, 0.5) is 10.5 Å². The molecule has 6 rings (SSSR count). The number of hydrogen-bond donors (Lipinski definition) is 0. The highest BCUT2D eigenvalue weighted by Gasteiger charge is 2.81. The van der Waals surface area contributed by atoms with Gasteiger partial charge in [-0.1, -0.05) is 60.1 Å². The maximum Gasteiger partial charge on any atom is 0.415 e. The van der Waals surface area contributed by atoms with Crippen LogP contribution in [0.2, 0.25) is 0 Å². The van der Waals surface area contributed by atoms with Gasteiger partial charge in [0, 0.05) is 5.56 Å². The van der Waals surface area contributed by atoms with Crippen LogP contribution in [-0.4, -0.2) is 38.5 Å². The van der Waals surface area contributed by atoms with Crippen LogP contribution in [-0.2, 0) is 24.9 Å². The van der Waals surface area contributed by atoms with Gasteiger partial charge < -0.3 is 9.47 Å². The predicted octanol–water partition coefficient (Wildman–Crippen LogP) is 3.83. The zero-order valence-electron chi connectivity index (χ0n) is 18.9. The summed E-state index contributed by atoms with van der Waals surface area (Å²) in [6, 6.07) is 15.2. The van der Waals surface area contributed by atoms with E-state index in [1.165, 1.54) is 12.1 Å². The van der Waals surface area contributed by atoms with E-state index in [1.54, 1.807) is 35.3 Å². The largest absolute Gasteiger partial charge is 0.448 e. The Hall–Kier alpha value is -3.52. The molecule has 4 atom stereocenters. The molecule has 2 aliphatic heterocycles. The van der Waals surface area contributed by atoms with E-state index in [0.29, 0.717) is 5.69 Å². The average molecular weight is 486 g/mol. The minimum Gasteiger partial charge on any atom is -0.448 e. The normalized spacial score (nSPS) is 30.2. The van der Waals surface area contributed by atoms with Gasteiger partial charge in [0.05, 0.1) is 22.3 Å². The number of para-hydroxylation sites is 1. The van der Waals surface area contributed by atoms with Crippen LogP contribution >= 0.6 is 0 Å². The number of ether oxygens (including phenoxy) is 2. The van der Waals surface area contributed by atoms with Crippen LogP contribution in [0, 0.1) is 29.6 Å². The Morgan fingerprint density at radius 2 is 1.80 bits per heavy atom. The zero-order chi connectivity index (χ0) is 24.1. The minimum absolute atomic E-state index is 0.00126. The van der Waals surface area contributed by atoms with Gasteiger partial charge in [0.15, 0.2) is 9.84 Å². The summed E-state index contributed by atoms with van der Waals surface area (Å²) in [6.45, 7) is -0.262. The lowest BCUT2D eigenvalue weighted by Gasteiger charge is -2.43. The highest BCUT2D eigenvalue weighted by molar-refractivity contribution is 7.91. The van der Waals surface area contributed by atoms with E-state index in [1.807, 2.05) is 24.3 Å². The molecule has 7 heteroatoms. The molecule has 0 spiro atoms. The zero-order valence-corrected chi connectivity index (χ0v) is 19.8. The molecular formula is C28H23NO5S. The Labute approximate surface area is 204 Å². The van der Waals surface area contributed by atoms with E-state index < -0.39 is 33.2 Å². The molecule has 0 aromatic heterocycles. The van der Waals surface area contributed by atoms with Crippen molar-refractivity contribution < 1.29 is 22.7 Å². The number of anilines is 1. The molecule has 2 unspecified atom stereocenters. The molecule has 6 nitrogen and oxygen atoms in total. The number of carbonyl (C=O) groups is 1. The van der Waals surface area contributed by atoms with Gasteiger partial charge in [0.1, 0.15) is 23.9 Å². The van der Waals surface area contributed by atoms with Gasteiger partial charge in [-0.15, -0.1) is 0 Å². The third kappa shape index (κ3) is 3.23. The number of fused-ring (bicyclic) bond motifs is 1. The number of amides is 1. The van der Waals surface area contributed by atoms with Gasteiger partial charge in [-0.25, -0.2) is 13.2 Å². The van der Waals surface area contributed by atoms with E-state index in [2.05, 4.69) is 23.7 Å². The quantitative estimate of drug-likeness (QED) is 0.486. The molecule has 2 aromatic rings. The average Bonchev–Trinajstić information content (AvgIpc) is 3.59. The molecule has 1 saturated heterocycles. The van der Waals surface area contributed by atoms with Crippen LogP contribution in [0.15, 0.2) is 71.6 Å². The van der Waals surface area contributed by atoms with Crippen LogP contribution in [0.5, 0.6) is 0 Å². The fourth-order valence-corrected chi connectivity index (χ4v) is 6.93. The van der Waals surface area contributed by atoms with Crippen LogP contribution in [0.3, 0.4) is 0 Å². The summed E-state index contributed by atoms with van der Waals surface area (Å²) < 4.78 is 37.5. The smallest absolute Gasteiger partial charge is 0.415 e. The van der Waals surface area contributed by atoms with Gasteiger partial charge in [-0.2, -0.15) is 0 Å². The van der Waals surface area contributed by atoms with Crippen molar-refractivity contribution in [3.63, 3.8) is 0 Å². The number of rotatable bonds is 4. The Morgan fingerprint density at radius 1 is 1.06 bits per heavy atom. The molecule has 2 aliphatic carbocycles. The Kier molecular flexibility index (Phi) is 5.03. The number of benzene rings is 2. The Bertz CT molecular complexity index is 1460. The van der Waals surface area contributed by atoms with Gasteiger partial charge in [0.2, 0.25) is 0 Å². The predicted molar refractivity (Wildman–Crippen MR) is 130 cm³/mol. The molecule has 1 amide bonds. The van der Waals surface area contributed by atoms with Gasteiger partial charge in [-0.3, -0.25) is 4.90 Å². The molecule has 1 saturated carbocycles. The third-order valence-electron chi connectivity index (χ3n) is 7.33. The standard InChI is InChI=1S/C28H23NO5S/c30-26(33-19-20-35(31,32)22-13-5-3-6-14-22)29-24-16-9-8-15-23(24)28-21-11-4-1-2-7-17-25(29)27(28,34-28)18-10-12-21/h1-3,5-6,8-9,13-16,21,25H,10,12,18-20H2/b2-1-/t21-,25+,27?,28?/m1/s1. The molecule has 2 aromatic carbocycles. The first-order chi connectivity index (χ1) is 17.0. The van der Waals surface area contributed by atoms with Crippen LogP contribution in [0.25, 0.3) is 0 Å². The van der Waals surface area contributed by atoms with Crippen molar-refractivity contribution in [2.24, 2.45) is 5.92 Å². The second-order valence-corrected chi connectivity index (χ2v) is 11.2. The fourth-order valence-electron chi connectivity index (χ4n) is 5.82. The van der Waals surface area contributed by atoms with Crippen LogP contribution < -0.4 is 4.90 Å². The van der Waals surface area contributed by atoms with Crippen molar-refractivity contribution in [2.45, 2.75) is 41.4 Å². The van der Waals surface area contributed by atoms with E-state index in [-0.39, 0.29) is 23.2 Å². The summed E-state index contributed by atoms with van der Waals surface area (Å²) in [6.07, 6.45) is 5.38. The first-order valence-corrected chi connectivity index (χ1v) is 13.4. The van der Waals surface area contributed by atoms with E-state index in [0.717, 1.165) is 24.8 Å². The van der Waals surface area contributed by atoms with Crippen molar-refractivity contribution >= 4 is 21.6 Å². The first kappa shape index (κ1) is 22.0. The van der Waals surface area contributed by atoms with Gasteiger partial charge >= 0.3 is 6.09 Å². The fraction of sp³-hybridized carbons (Fsp3) is 0.321. The Balaban J connectivity index is 1.34. The maximum absolute atomic E-state index is 13.5. The molecule has 2 heterocycles. The lowest BCUT2D eigenvalue weighted by Crippen LogP contribution is -2.57. The molecule has 2 fully saturated rings. The SMILES string of the molecule is O=C(OCCS(=O)(=O)c1ccccc1)N1c2ccccc2C23OC24CCC[C@H]3C#C/C=C\C#C[C@H]14. The number of sulfone groups is 1. The van der Waals surface area contributed by atoms with Crippen molar-refractivity contribution in [3.05, 3.63) is 72.3 Å². The highest BCUT2D eigenvalue weighted by atomic mass is 32.2. The number of epoxide rings is 1. The van der Waals surface area contributed by atoms with Gasteiger partial charge in [0.25, 0.3) is 0 Å². The summed E-state index contributed by atoms with van der Waals surface area (Å²) >= 11 is 0. The van der Waals surface area contributed by atoms with E-state index in [9.17, 15) is 13.2 Å². The van der Waals surface area contributed by atoms with Crippen LogP contribution in [0.1, 0.15) is 24.8 Å². The molecule has 4 aliphatic rings. The van der Waals surface area contributed by atoms with Crippen molar-refractivity contribution in [1.29, 1.82) is 0 Å². The molecular weight excluding hydrogens is 462 g/mol.